The van der Waals surface area contributed by atoms with Crippen LogP contribution in [0.4, 0.5) is 5.69 Å². The molecule has 1 aliphatic heterocycles. The topological polar surface area (TPSA) is 82.4 Å². The number of hydrogen-bond acceptors (Lipinski definition) is 6. The van der Waals surface area contributed by atoms with Crippen molar-refractivity contribution in [1.82, 2.24) is 9.55 Å². The van der Waals surface area contributed by atoms with Gasteiger partial charge in [0.05, 0.1) is 23.1 Å². The first-order valence-electron chi connectivity index (χ1n) is 9.94. The molecule has 9 heteroatoms. The van der Waals surface area contributed by atoms with Gasteiger partial charge in [0.15, 0.2) is 11.5 Å². The molecule has 4 aromatic rings. The van der Waals surface area contributed by atoms with E-state index in [-0.39, 0.29) is 11.5 Å². The Bertz CT molecular complexity index is 1410. The Morgan fingerprint density at radius 3 is 2.78 bits per heavy atom. The summed E-state index contributed by atoms with van der Waals surface area (Å²) in [4.78, 5) is 31.5. The molecule has 32 heavy (non-hydrogen) atoms. The van der Waals surface area contributed by atoms with Crippen LogP contribution in [-0.2, 0) is 6.54 Å². The number of rotatable bonds is 4. The predicted octanol–water partition coefficient (Wildman–Crippen LogP) is 4.49. The molecular weight excluding hydrogens is 450 g/mol. The third-order valence-electron chi connectivity index (χ3n) is 5.22. The molecule has 3 heterocycles. The highest BCUT2D eigenvalue weighted by Crippen LogP contribution is 2.33. The van der Waals surface area contributed by atoms with E-state index in [1.165, 1.54) is 22.2 Å². The number of thiophene rings is 1. The molecule has 0 spiro atoms. The van der Waals surface area contributed by atoms with E-state index >= 15 is 0 Å². The number of amides is 1. The number of carbonyl (C=O) groups excluding carboxylic acids is 1. The van der Waals surface area contributed by atoms with Crippen molar-refractivity contribution in [3.05, 3.63) is 80.2 Å². The van der Waals surface area contributed by atoms with Crippen molar-refractivity contribution in [1.29, 1.82) is 0 Å². The van der Waals surface area contributed by atoms with Crippen LogP contribution in [0.25, 0.3) is 10.2 Å². The molecular formula is C23H18ClN3O4S. The molecule has 1 amide bonds. The summed E-state index contributed by atoms with van der Waals surface area (Å²) >= 11 is 7.43. The Hall–Kier alpha value is -3.36. The van der Waals surface area contributed by atoms with Crippen molar-refractivity contribution in [2.24, 2.45) is 0 Å². The number of aromatic nitrogens is 2. The fraction of sp³-hybridized carbons (Fsp3) is 0.174. The fourth-order valence-corrected chi connectivity index (χ4v) is 4.84. The lowest BCUT2D eigenvalue weighted by molar-refractivity contribution is 0.103. The van der Waals surface area contributed by atoms with Crippen LogP contribution >= 0.6 is 22.9 Å². The average molecular weight is 468 g/mol. The standard InChI is InChI=1S/C23H18ClN3O4S/c1-13-19-22(25-12-27(23(19)29)11-14-4-2-3-5-16(14)24)32-20(13)21(28)26-15-6-7-17-18(10-15)31-9-8-30-17/h2-7,10,12H,8-9,11H2,1H3,(H,26,28). The van der Waals surface area contributed by atoms with E-state index in [1.54, 1.807) is 31.2 Å². The van der Waals surface area contributed by atoms with Crippen LogP contribution < -0.4 is 20.3 Å². The minimum Gasteiger partial charge on any atom is -0.486 e. The number of fused-ring (bicyclic) bond motifs is 2. The second-order valence-corrected chi connectivity index (χ2v) is 8.72. The van der Waals surface area contributed by atoms with Gasteiger partial charge in [0.2, 0.25) is 0 Å². The number of halogens is 1. The summed E-state index contributed by atoms with van der Waals surface area (Å²) in [6.45, 7) is 3.03. The zero-order chi connectivity index (χ0) is 22.2. The summed E-state index contributed by atoms with van der Waals surface area (Å²) in [6.07, 6.45) is 1.49. The van der Waals surface area contributed by atoms with Gasteiger partial charge in [-0.3, -0.25) is 14.2 Å². The lowest BCUT2D eigenvalue weighted by Crippen LogP contribution is -2.21. The number of nitrogens with one attached hydrogen (secondary N) is 1. The van der Waals surface area contributed by atoms with Crippen molar-refractivity contribution in [3.63, 3.8) is 0 Å². The molecule has 0 bridgehead atoms. The number of hydrogen-bond donors (Lipinski definition) is 1. The van der Waals surface area contributed by atoms with Gasteiger partial charge in [0.25, 0.3) is 11.5 Å². The number of carbonyl (C=O) groups is 1. The average Bonchev–Trinajstić information content (AvgIpc) is 3.14. The summed E-state index contributed by atoms with van der Waals surface area (Å²) in [5, 5.41) is 3.90. The molecule has 0 atom stereocenters. The highest BCUT2D eigenvalue weighted by Gasteiger charge is 2.21. The third kappa shape index (κ3) is 3.72. The zero-order valence-electron chi connectivity index (χ0n) is 17.1. The maximum Gasteiger partial charge on any atom is 0.266 e. The Morgan fingerprint density at radius 2 is 1.97 bits per heavy atom. The van der Waals surface area contributed by atoms with Crippen LogP contribution in [0.3, 0.4) is 0 Å². The maximum absolute atomic E-state index is 13.1. The SMILES string of the molecule is Cc1c(C(=O)Nc2ccc3c(c2)OCCO3)sc2ncn(Cc3ccccc3Cl)c(=O)c12. The van der Waals surface area contributed by atoms with E-state index in [1.807, 2.05) is 18.2 Å². The molecule has 5 rings (SSSR count). The normalized spacial score (nSPS) is 12.7. The monoisotopic (exact) mass is 467 g/mol. The smallest absolute Gasteiger partial charge is 0.266 e. The van der Waals surface area contributed by atoms with Crippen LogP contribution in [0.2, 0.25) is 5.02 Å². The molecule has 162 valence electrons. The minimum atomic E-state index is -0.306. The van der Waals surface area contributed by atoms with Crippen LogP contribution in [0.5, 0.6) is 11.5 Å². The van der Waals surface area contributed by atoms with E-state index in [0.717, 1.165) is 5.56 Å². The van der Waals surface area contributed by atoms with Gasteiger partial charge in [-0.2, -0.15) is 0 Å². The quantitative estimate of drug-likeness (QED) is 0.478. The largest absolute Gasteiger partial charge is 0.486 e. The number of anilines is 1. The second kappa shape index (κ2) is 8.29. The van der Waals surface area contributed by atoms with Crippen molar-refractivity contribution in [2.75, 3.05) is 18.5 Å². The molecule has 7 nitrogen and oxygen atoms in total. The van der Waals surface area contributed by atoms with Crippen molar-refractivity contribution >= 4 is 44.7 Å². The lowest BCUT2D eigenvalue weighted by Gasteiger charge is -2.18. The Labute approximate surface area is 192 Å². The molecule has 1 aliphatic rings. The molecule has 0 unspecified atom stereocenters. The van der Waals surface area contributed by atoms with E-state index in [4.69, 9.17) is 21.1 Å². The van der Waals surface area contributed by atoms with E-state index in [0.29, 0.717) is 62.6 Å². The van der Waals surface area contributed by atoms with Crippen LogP contribution in [-0.4, -0.2) is 28.7 Å². The van der Waals surface area contributed by atoms with Gasteiger partial charge in [-0.1, -0.05) is 29.8 Å². The summed E-state index contributed by atoms with van der Waals surface area (Å²) in [5.41, 5.74) is 1.80. The number of nitrogens with zero attached hydrogens (tertiary/aromatic N) is 2. The van der Waals surface area contributed by atoms with Crippen LogP contribution in [0.15, 0.2) is 53.6 Å². The van der Waals surface area contributed by atoms with Gasteiger partial charge in [-0.05, 0) is 36.2 Å². The first-order chi connectivity index (χ1) is 15.5. The van der Waals surface area contributed by atoms with E-state index in [2.05, 4.69) is 10.3 Å². The minimum absolute atomic E-state index is 0.206. The summed E-state index contributed by atoms with van der Waals surface area (Å²) in [5.74, 6) is 0.932. The lowest BCUT2D eigenvalue weighted by atomic mass is 10.2. The Morgan fingerprint density at radius 1 is 1.19 bits per heavy atom. The first-order valence-corrected chi connectivity index (χ1v) is 11.1. The molecule has 0 fully saturated rings. The summed E-state index contributed by atoms with van der Waals surface area (Å²) < 4.78 is 12.6. The van der Waals surface area contributed by atoms with Gasteiger partial charge >= 0.3 is 0 Å². The Balaban J connectivity index is 1.45. The first kappa shape index (κ1) is 20.5. The van der Waals surface area contributed by atoms with Crippen LogP contribution in [0, 0.1) is 6.92 Å². The summed E-state index contributed by atoms with van der Waals surface area (Å²) in [7, 11) is 0. The fourth-order valence-electron chi connectivity index (χ4n) is 3.61. The molecule has 2 aromatic heterocycles. The van der Waals surface area contributed by atoms with E-state index < -0.39 is 0 Å². The number of aryl methyl sites for hydroxylation is 1. The highest BCUT2D eigenvalue weighted by atomic mass is 35.5. The van der Waals surface area contributed by atoms with Gasteiger partial charge in [-0.15, -0.1) is 11.3 Å². The third-order valence-corrected chi connectivity index (χ3v) is 6.79. The van der Waals surface area contributed by atoms with Gasteiger partial charge in [0, 0.05) is 16.8 Å². The van der Waals surface area contributed by atoms with Gasteiger partial charge < -0.3 is 14.8 Å². The predicted molar refractivity (Wildman–Crippen MR) is 125 cm³/mol. The highest BCUT2D eigenvalue weighted by molar-refractivity contribution is 7.20. The molecule has 0 radical (unpaired) electrons. The second-order valence-electron chi connectivity index (χ2n) is 7.32. The summed E-state index contributed by atoms with van der Waals surface area (Å²) in [6, 6.07) is 12.6. The zero-order valence-corrected chi connectivity index (χ0v) is 18.6. The van der Waals surface area contributed by atoms with Gasteiger partial charge in [-0.25, -0.2) is 4.98 Å². The molecule has 0 saturated heterocycles. The van der Waals surface area contributed by atoms with Crippen LogP contribution in [0.1, 0.15) is 20.8 Å². The molecule has 1 N–H and O–H groups in total. The van der Waals surface area contributed by atoms with Gasteiger partial charge in [0.1, 0.15) is 18.0 Å². The van der Waals surface area contributed by atoms with E-state index in [9.17, 15) is 9.59 Å². The van der Waals surface area contributed by atoms with Crippen molar-refractivity contribution in [3.8, 4) is 11.5 Å². The molecule has 0 aliphatic carbocycles. The molecule has 2 aromatic carbocycles. The Kier molecular flexibility index (Phi) is 5.32. The van der Waals surface area contributed by atoms with Crippen molar-refractivity contribution < 1.29 is 14.3 Å². The van der Waals surface area contributed by atoms with Crippen molar-refractivity contribution in [2.45, 2.75) is 13.5 Å². The molecule has 0 saturated carbocycles. The number of benzene rings is 2. The maximum atomic E-state index is 13.1. The number of ether oxygens (including phenoxy) is 2.